The molecule has 14 aromatic carbocycles. The Bertz CT molecular complexity index is 8380. The van der Waals surface area contributed by atoms with Crippen LogP contribution < -0.4 is 0 Å². The minimum Gasteiger partial charge on any atom is -0.265 e. The summed E-state index contributed by atoms with van der Waals surface area (Å²) in [6.07, 6.45) is 18.2. The molecule has 0 unspecified atom stereocenters. The molecule has 11 aromatic heterocycles. The molecule has 0 saturated heterocycles. The molecule has 0 aliphatic carbocycles. The summed E-state index contributed by atoms with van der Waals surface area (Å²) in [5.41, 5.74) is 40.2. The molecule has 0 atom stereocenters. The minimum absolute atomic E-state index is 0.737. The lowest BCUT2D eigenvalue weighted by atomic mass is 9.94. The van der Waals surface area contributed by atoms with Crippen molar-refractivity contribution in [1.82, 2.24) is 84.9 Å². The highest BCUT2D eigenvalue weighted by molar-refractivity contribution is 6.00. The van der Waals surface area contributed by atoms with Gasteiger partial charge in [-0.15, -0.1) is 45.0 Å². The third kappa shape index (κ3) is 18.2. The smallest absolute Gasteiger partial charge is 0.123 e. The van der Waals surface area contributed by atoms with Crippen LogP contribution in [0.3, 0.4) is 0 Å². The van der Waals surface area contributed by atoms with Gasteiger partial charge in [-0.25, -0.2) is 9.97 Å². The quantitative estimate of drug-likeness (QED) is 0.0741. The maximum atomic E-state index is 5.32. The van der Waals surface area contributed by atoms with Gasteiger partial charge >= 0.3 is 0 Å². The molecule has 0 amide bonds. The molecule has 0 saturated carbocycles. The zero-order valence-corrected chi connectivity index (χ0v) is 76.0. The van der Waals surface area contributed by atoms with E-state index in [0.29, 0.717) is 0 Å². The van der Waals surface area contributed by atoms with E-state index in [4.69, 9.17) is 40.6 Å². The van der Waals surface area contributed by atoms with Gasteiger partial charge in [0.15, 0.2) is 0 Å². The van der Waals surface area contributed by atoms with Crippen molar-refractivity contribution in [3.63, 3.8) is 0 Å². The summed E-state index contributed by atoms with van der Waals surface area (Å²) in [6.45, 7) is 0. The largest absolute Gasteiger partial charge is 0.265 e. The Morgan fingerprint density at radius 1 is 0.142 bits per heavy atom. The van der Waals surface area contributed by atoms with Crippen LogP contribution in [0.15, 0.2) is 505 Å². The Morgan fingerprint density at radius 3 is 0.823 bits per heavy atom. The number of aromatic nitrogens is 17. The molecule has 664 valence electrons. The number of nitrogens with zero attached hydrogens (tertiary/aromatic N) is 17. The van der Waals surface area contributed by atoms with Gasteiger partial charge in [-0.1, -0.05) is 273 Å². The van der Waals surface area contributed by atoms with Gasteiger partial charge in [-0.2, -0.15) is 0 Å². The lowest BCUT2D eigenvalue weighted by Gasteiger charge is -2.14. The fourth-order valence-electron chi connectivity index (χ4n) is 18.1. The van der Waals surface area contributed by atoms with Crippen LogP contribution in [-0.2, 0) is 0 Å². The fraction of sp³-hybridized carbons (Fsp3) is 0. The van der Waals surface area contributed by atoms with Crippen LogP contribution in [0.1, 0.15) is 0 Å². The lowest BCUT2D eigenvalue weighted by molar-refractivity contribution is 0.767. The van der Waals surface area contributed by atoms with Crippen molar-refractivity contribution in [3.05, 3.63) is 505 Å². The van der Waals surface area contributed by atoms with Gasteiger partial charge in [0.05, 0.1) is 45.5 Å². The zero-order valence-electron chi connectivity index (χ0n) is 76.0. The molecule has 0 spiro atoms. The van der Waals surface area contributed by atoms with Crippen molar-refractivity contribution in [1.29, 1.82) is 0 Å². The Labute approximate surface area is 813 Å². The van der Waals surface area contributed by atoms with E-state index in [2.05, 4.69) is 285 Å². The van der Waals surface area contributed by atoms with E-state index in [0.717, 1.165) is 229 Å². The van der Waals surface area contributed by atoms with Crippen molar-refractivity contribution < 1.29 is 0 Å². The molecular formula is C124H83N17. The van der Waals surface area contributed by atoms with Gasteiger partial charge in [-0.05, 0) is 270 Å². The van der Waals surface area contributed by atoms with Gasteiger partial charge in [0.25, 0.3) is 0 Å². The molecule has 0 aliphatic rings. The van der Waals surface area contributed by atoms with Crippen LogP contribution in [0.4, 0.5) is 0 Å². The number of para-hydroxylation sites is 3. The maximum absolute atomic E-state index is 5.32. The van der Waals surface area contributed by atoms with Crippen LogP contribution in [0.25, 0.3) is 229 Å². The number of benzene rings is 14. The third-order valence-electron chi connectivity index (χ3n) is 25.0. The topological polar surface area (TPSA) is 195 Å². The highest BCUT2D eigenvalue weighted by Crippen LogP contribution is 2.44. The van der Waals surface area contributed by atoms with Gasteiger partial charge in [0.2, 0.25) is 0 Å². The first kappa shape index (κ1) is 85.7. The molecule has 0 N–H and O–H groups in total. The number of fused-ring (bicyclic) bond motifs is 3. The first-order chi connectivity index (χ1) is 69.9. The van der Waals surface area contributed by atoms with E-state index in [1.54, 1.807) is 22.0 Å². The molecule has 0 radical (unpaired) electrons. The first-order valence-corrected chi connectivity index (χ1v) is 46.5. The fourth-order valence-corrected chi connectivity index (χ4v) is 18.1. The molecule has 25 aromatic rings. The van der Waals surface area contributed by atoms with Gasteiger partial charge in [0, 0.05) is 106 Å². The van der Waals surface area contributed by atoms with Crippen LogP contribution in [0, 0.1) is 0 Å². The van der Waals surface area contributed by atoms with Crippen molar-refractivity contribution in [2.24, 2.45) is 0 Å². The number of hydrogen-bond donors (Lipinski definition) is 0. The second-order valence-electron chi connectivity index (χ2n) is 33.9. The Kier molecular flexibility index (Phi) is 23.8. The van der Waals surface area contributed by atoms with Crippen molar-refractivity contribution in [3.8, 4) is 196 Å². The van der Waals surface area contributed by atoms with E-state index in [1.165, 1.54) is 0 Å². The highest BCUT2D eigenvalue weighted by atomic mass is 15.5. The predicted molar refractivity (Wildman–Crippen MR) is 566 cm³/mol. The van der Waals surface area contributed by atoms with Crippen molar-refractivity contribution in [2.75, 3.05) is 0 Å². The van der Waals surface area contributed by atoms with Crippen LogP contribution >= 0.6 is 0 Å². The summed E-state index contributed by atoms with van der Waals surface area (Å²) < 4.78 is 0. The van der Waals surface area contributed by atoms with E-state index in [1.807, 2.05) is 242 Å². The normalized spacial score (nSPS) is 11.1. The summed E-state index contributed by atoms with van der Waals surface area (Å²) in [5.74, 6) is 0. The molecular weight excluding hydrogens is 1730 g/mol. The van der Waals surface area contributed by atoms with E-state index >= 15 is 0 Å². The Morgan fingerprint density at radius 2 is 0.418 bits per heavy atom. The zero-order chi connectivity index (χ0) is 94.0. The van der Waals surface area contributed by atoms with Crippen LogP contribution in [0.5, 0.6) is 0 Å². The average Bonchev–Trinajstić information content (AvgIpc) is 1.56. The highest BCUT2D eigenvalue weighted by Gasteiger charge is 2.25. The number of hydrogen-bond acceptors (Lipinski definition) is 14. The standard InChI is InChI=1S/C46H31N5.C40H27N5.C38H25N7/c1-3-10-34(11-4-1)41-18-9-19-42(35-12-5-2-6-13-35)46(41)51-49-44-31-40(38-16-7-14-36(28-38)32-20-24-47-25-21-32)30-43(45(44)50-51)39-17-8-15-37(29-39)33-22-26-48-27-23-33;1-2-8-30(9-3-1)36-14-4-5-15-39(36)45-43-38-27-35(33-12-6-10-31(24-33)28-16-20-41-21-17-28)26-37(40(38)44-45)34-13-7-11-32(25-34)29-18-22-42-23-19-29;1-2-12-26(13-3-1)28-14-4-5-21-37(28)45-43-36-25-27(30-17-10-19-34(41-30)32-15-6-8-22-39-32)24-29(38(36)44-45)31-18-11-20-35(42-31)33-16-7-9-23-40-33/h1-31H;1-27H;1-25H. The Hall–Kier alpha value is -19.5. The number of rotatable bonds is 19. The van der Waals surface area contributed by atoms with Gasteiger partial charge in [-0.3, -0.25) is 29.9 Å². The molecule has 25 rings (SSSR count). The second-order valence-corrected chi connectivity index (χ2v) is 33.9. The average molecular weight is 1810 g/mol. The van der Waals surface area contributed by atoms with Gasteiger partial charge in [0.1, 0.15) is 38.8 Å². The van der Waals surface area contributed by atoms with Crippen molar-refractivity contribution in [2.45, 2.75) is 0 Å². The monoisotopic (exact) mass is 1810 g/mol. The molecule has 0 aliphatic heterocycles. The maximum Gasteiger partial charge on any atom is 0.123 e. The number of pyridine rings is 8. The summed E-state index contributed by atoms with van der Waals surface area (Å²) in [5, 5.41) is 30.9. The first-order valence-electron chi connectivity index (χ1n) is 46.5. The van der Waals surface area contributed by atoms with Crippen LogP contribution in [-0.4, -0.2) is 84.9 Å². The molecule has 0 bridgehead atoms. The van der Waals surface area contributed by atoms with E-state index < -0.39 is 0 Å². The molecule has 141 heavy (non-hydrogen) atoms. The SMILES string of the molecule is c1ccc(-c2cccc(-c3ccccc3)c2-n2nc3cc(-c4cccc(-c5ccncc5)c4)cc(-c4cccc(-c5ccncc5)c4)c3n2)cc1.c1ccc(-c2ccccc2-n2nc3cc(-c4cccc(-c5ccccn5)n4)cc(-c4cccc(-c5ccccn5)n4)c3n2)cc1.c1ccc(-c2ccccc2-n2nc3cc(-c4cccc(-c5ccncc5)c4)cc(-c4cccc(-c5ccncc5)c4)c3n2)cc1. The summed E-state index contributed by atoms with van der Waals surface area (Å²) in [6, 6.07) is 152. The molecule has 11 heterocycles. The molecule has 17 heteroatoms. The Balaban J connectivity index is 0.000000118. The third-order valence-corrected chi connectivity index (χ3v) is 25.0. The minimum atomic E-state index is 0.737. The van der Waals surface area contributed by atoms with E-state index in [-0.39, 0.29) is 0 Å². The molecule has 0 fully saturated rings. The predicted octanol–water partition coefficient (Wildman–Crippen LogP) is 29.1. The lowest BCUT2D eigenvalue weighted by Crippen LogP contribution is -2.04. The van der Waals surface area contributed by atoms with Gasteiger partial charge < -0.3 is 0 Å². The molecule has 17 nitrogen and oxygen atoms in total. The van der Waals surface area contributed by atoms with E-state index in [9.17, 15) is 0 Å². The summed E-state index contributed by atoms with van der Waals surface area (Å²) in [7, 11) is 0. The van der Waals surface area contributed by atoms with Crippen LogP contribution in [0.2, 0.25) is 0 Å². The van der Waals surface area contributed by atoms with Crippen molar-refractivity contribution >= 4 is 33.1 Å². The summed E-state index contributed by atoms with van der Waals surface area (Å²) in [4.78, 5) is 41.2. The summed E-state index contributed by atoms with van der Waals surface area (Å²) >= 11 is 0. The second kappa shape index (κ2) is 39.2.